The molecule has 0 radical (unpaired) electrons. The van der Waals surface area contributed by atoms with E-state index in [-0.39, 0.29) is 31.1 Å². The number of hydrogen-bond acceptors (Lipinski definition) is 9. The molecule has 3 saturated heterocycles. The van der Waals surface area contributed by atoms with E-state index in [0.717, 1.165) is 29.7 Å². The Morgan fingerprint density at radius 2 is 1.48 bits per heavy atom. The average Bonchev–Trinajstić information content (AvgIpc) is 3.89. The second-order valence-electron chi connectivity index (χ2n) is 9.85. The quantitative estimate of drug-likeness (QED) is 0.214. The van der Waals surface area contributed by atoms with E-state index in [4.69, 9.17) is 37.9 Å². The van der Waals surface area contributed by atoms with Gasteiger partial charge in [-0.15, -0.1) is 0 Å². The minimum Gasteiger partial charge on any atom is -0.493 e. The molecule has 40 heavy (non-hydrogen) atoms. The number of ether oxygens (including phenoxy) is 8. The maximum atomic E-state index is 12.7. The Balaban J connectivity index is 1.03. The molecule has 9 heteroatoms. The van der Waals surface area contributed by atoms with Gasteiger partial charge in [0.25, 0.3) is 0 Å². The lowest BCUT2D eigenvalue weighted by molar-refractivity contribution is -0.165. The van der Waals surface area contributed by atoms with E-state index in [0.29, 0.717) is 61.4 Å². The van der Waals surface area contributed by atoms with Gasteiger partial charge < -0.3 is 37.9 Å². The van der Waals surface area contributed by atoms with E-state index in [1.165, 1.54) is 0 Å². The van der Waals surface area contributed by atoms with Crippen LogP contribution in [-0.2, 0) is 25.4 Å². The Labute approximate surface area is 232 Å². The van der Waals surface area contributed by atoms with Crippen molar-refractivity contribution in [2.75, 3.05) is 46.8 Å². The van der Waals surface area contributed by atoms with Crippen LogP contribution in [0.2, 0.25) is 0 Å². The fourth-order valence-corrected chi connectivity index (χ4v) is 4.17. The van der Waals surface area contributed by atoms with Crippen molar-refractivity contribution in [1.82, 2.24) is 0 Å². The summed E-state index contributed by atoms with van der Waals surface area (Å²) in [4.78, 5) is 12.7. The van der Waals surface area contributed by atoms with Crippen molar-refractivity contribution in [1.29, 1.82) is 0 Å². The minimum absolute atomic E-state index is 0.131. The van der Waals surface area contributed by atoms with Crippen LogP contribution >= 0.6 is 0 Å². The number of epoxide rings is 2. The molecule has 3 heterocycles. The van der Waals surface area contributed by atoms with Crippen LogP contribution in [0, 0.1) is 0 Å². The van der Waals surface area contributed by atoms with Crippen molar-refractivity contribution >= 4 is 5.97 Å². The first kappa shape index (κ1) is 26.4. The van der Waals surface area contributed by atoms with Gasteiger partial charge >= 0.3 is 5.97 Å². The molecule has 0 aromatic heterocycles. The van der Waals surface area contributed by atoms with Crippen LogP contribution in [0.4, 0.5) is 0 Å². The van der Waals surface area contributed by atoms with Crippen molar-refractivity contribution in [3.8, 4) is 34.1 Å². The molecule has 0 aliphatic carbocycles. The fraction of sp³-hybridized carbons (Fsp3) is 0.387. The molecule has 3 atom stereocenters. The van der Waals surface area contributed by atoms with E-state index in [1.807, 2.05) is 48.5 Å². The predicted octanol–water partition coefficient (Wildman–Crippen LogP) is 4.44. The number of esters is 1. The van der Waals surface area contributed by atoms with Gasteiger partial charge in [-0.2, -0.15) is 0 Å². The second-order valence-corrected chi connectivity index (χ2v) is 9.85. The molecule has 0 amide bonds. The third-order valence-electron chi connectivity index (χ3n) is 6.82. The Kier molecular flexibility index (Phi) is 8.04. The van der Waals surface area contributed by atoms with E-state index in [9.17, 15) is 4.79 Å². The SMILES string of the molecule is COc1cc(-c2ccc(C(=O)OCCc3ccc(OC4CCO4)c(OCC4CO4)c3)cc2)ccc1OCC1CO1. The monoisotopic (exact) mass is 548 g/mol. The number of rotatable bonds is 14. The zero-order chi connectivity index (χ0) is 27.3. The zero-order valence-electron chi connectivity index (χ0n) is 22.3. The molecule has 3 aromatic rings. The van der Waals surface area contributed by atoms with Crippen LogP contribution in [0.15, 0.2) is 60.7 Å². The molecule has 6 rings (SSSR count). The zero-order valence-corrected chi connectivity index (χ0v) is 22.3. The standard InChI is InChI=1S/C31H32O9/c1-33-28-15-23(7-9-26(28)38-18-24-16-36-24)21-3-5-22(6-4-21)31(32)35-12-10-20-2-8-27(40-30-11-13-34-30)29(14-20)39-19-25-17-37-25/h2-9,14-15,24-25,30H,10-13,16-19H2,1H3. The molecule has 3 fully saturated rings. The van der Waals surface area contributed by atoms with E-state index >= 15 is 0 Å². The maximum absolute atomic E-state index is 12.7. The van der Waals surface area contributed by atoms with Crippen LogP contribution in [0.5, 0.6) is 23.0 Å². The van der Waals surface area contributed by atoms with Gasteiger partial charge in [0.1, 0.15) is 25.4 Å². The van der Waals surface area contributed by atoms with Crippen LogP contribution in [-0.4, -0.2) is 71.2 Å². The number of benzene rings is 3. The summed E-state index contributed by atoms with van der Waals surface area (Å²) in [6, 6.07) is 18.8. The highest BCUT2D eigenvalue weighted by Crippen LogP contribution is 2.34. The molecule has 3 aliphatic heterocycles. The third-order valence-corrected chi connectivity index (χ3v) is 6.82. The highest BCUT2D eigenvalue weighted by molar-refractivity contribution is 5.90. The van der Waals surface area contributed by atoms with Gasteiger partial charge in [0.2, 0.25) is 6.29 Å². The van der Waals surface area contributed by atoms with Crippen molar-refractivity contribution in [3.05, 3.63) is 71.8 Å². The van der Waals surface area contributed by atoms with Gasteiger partial charge in [0.15, 0.2) is 23.0 Å². The number of carbonyl (C=O) groups excluding carboxylic acids is 1. The maximum Gasteiger partial charge on any atom is 0.338 e. The number of hydrogen-bond donors (Lipinski definition) is 0. The van der Waals surface area contributed by atoms with Crippen molar-refractivity contribution in [2.24, 2.45) is 0 Å². The van der Waals surface area contributed by atoms with Crippen molar-refractivity contribution in [2.45, 2.75) is 31.3 Å². The van der Waals surface area contributed by atoms with Crippen LogP contribution in [0.3, 0.4) is 0 Å². The first-order valence-electron chi connectivity index (χ1n) is 13.5. The first-order valence-corrected chi connectivity index (χ1v) is 13.5. The normalized spacial score (nSPS) is 20.7. The summed E-state index contributed by atoms with van der Waals surface area (Å²) in [6.45, 7) is 3.37. The lowest BCUT2D eigenvalue weighted by Crippen LogP contribution is -2.32. The van der Waals surface area contributed by atoms with E-state index in [1.54, 1.807) is 19.2 Å². The van der Waals surface area contributed by atoms with Crippen molar-refractivity contribution in [3.63, 3.8) is 0 Å². The van der Waals surface area contributed by atoms with Crippen molar-refractivity contribution < 1.29 is 42.7 Å². The van der Waals surface area contributed by atoms with Gasteiger partial charge in [0, 0.05) is 12.8 Å². The second kappa shape index (κ2) is 12.2. The Hall–Kier alpha value is -3.79. The van der Waals surface area contributed by atoms with E-state index in [2.05, 4.69) is 0 Å². The molecule has 0 saturated carbocycles. The summed E-state index contributed by atoms with van der Waals surface area (Å²) in [7, 11) is 1.61. The lowest BCUT2D eigenvalue weighted by atomic mass is 10.0. The van der Waals surface area contributed by atoms with Gasteiger partial charge in [-0.05, 0) is 53.1 Å². The lowest BCUT2D eigenvalue weighted by Gasteiger charge is -2.27. The Bertz CT molecular complexity index is 1310. The summed E-state index contributed by atoms with van der Waals surface area (Å²) in [6.07, 6.45) is 1.47. The van der Waals surface area contributed by atoms with Gasteiger partial charge in [-0.25, -0.2) is 4.79 Å². The number of methoxy groups -OCH3 is 1. The smallest absolute Gasteiger partial charge is 0.338 e. The Morgan fingerprint density at radius 1 is 0.800 bits per heavy atom. The molecular weight excluding hydrogens is 516 g/mol. The van der Waals surface area contributed by atoms with E-state index < -0.39 is 0 Å². The first-order chi connectivity index (χ1) is 19.6. The Morgan fingerprint density at radius 3 is 2.12 bits per heavy atom. The summed E-state index contributed by atoms with van der Waals surface area (Å²) >= 11 is 0. The summed E-state index contributed by atoms with van der Waals surface area (Å²) in [5, 5.41) is 0. The highest BCUT2D eigenvalue weighted by Gasteiger charge is 2.26. The van der Waals surface area contributed by atoms with Gasteiger partial charge in [0.05, 0.1) is 39.1 Å². The molecule has 3 aliphatic rings. The molecular formula is C31H32O9. The van der Waals surface area contributed by atoms with Crippen LogP contribution in [0.25, 0.3) is 11.1 Å². The predicted molar refractivity (Wildman–Crippen MR) is 144 cm³/mol. The average molecular weight is 549 g/mol. The highest BCUT2D eigenvalue weighted by atomic mass is 16.7. The minimum atomic E-state index is -0.375. The third kappa shape index (κ3) is 6.85. The molecule has 3 unspecified atom stereocenters. The van der Waals surface area contributed by atoms with Gasteiger partial charge in [-0.3, -0.25) is 0 Å². The summed E-state index contributed by atoms with van der Waals surface area (Å²) in [5.74, 6) is 2.22. The summed E-state index contributed by atoms with van der Waals surface area (Å²) in [5.41, 5.74) is 3.36. The topological polar surface area (TPSA) is 97.5 Å². The molecule has 210 valence electrons. The molecule has 0 N–H and O–H groups in total. The fourth-order valence-electron chi connectivity index (χ4n) is 4.17. The summed E-state index contributed by atoms with van der Waals surface area (Å²) < 4.78 is 44.5. The van der Waals surface area contributed by atoms with Crippen LogP contribution in [0.1, 0.15) is 22.3 Å². The molecule has 9 nitrogen and oxygen atoms in total. The molecule has 0 spiro atoms. The van der Waals surface area contributed by atoms with Crippen LogP contribution < -0.4 is 18.9 Å². The molecule has 3 aromatic carbocycles. The largest absolute Gasteiger partial charge is 0.493 e. The van der Waals surface area contributed by atoms with Gasteiger partial charge in [-0.1, -0.05) is 24.3 Å². The number of carbonyl (C=O) groups is 1. The molecule has 0 bridgehead atoms.